The molecule has 1 aromatic rings. The molecule has 1 heterocycles. The summed E-state index contributed by atoms with van der Waals surface area (Å²) >= 11 is 4.84. The molecule has 0 saturated heterocycles. The summed E-state index contributed by atoms with van der Waals surface area (Å²) in [6.45, 7) is 0.404. The number of nitrogens with two attached hydrogens (primary N) is 2. The monoisotopic (exact) mass is 305 g/mol. The maximum atomic E-state index is 11.4. The Morgan fingerprint density at radius 1 is 1.56 bits per heavy atom. The molecule has 0 fully saturated rings. The predicted molar refractivity (Wildman–Crippen MR) is 65.7 cm³/mol. The minimum atomic E-state index is -0.874. The first-order valence-electron chi connectivity index (χ1n) is 4.53. The van der Waals surface area contributed by atoms with Crippen LogP contribution in [0.3, 0.4) is 0 Å². The number of halogens is 1. The predicted octanol–water partition coefficient (Wildman–Crippen LogP) is 0.329. The second-order valence-electron chi connectivity index (χ2n) is 3.23. The molecule has 88 valence electrons. The molecule has 5 nitrogen and oxygen atoms in total. The van der Waals surface area contributed by atoms with Crippen LogP contribution in [0.1, 0.15) is 11.3 Å². The molecule has 0 aromatic carbocycles. The van der Waals surface area contributed by atoms with Crippen LogP contribution >= 0.6 is 27.3 Å². The Bertz CT molecular complexity index is 394. The highest BCUT2D eigenvalue weighted by molar-refractivity contribution is 9.10. The first-order valence-corrected chi connectivity index (χ1v) is 6.21. The van der Waals surface area contributed by atoms with Gasteiger partial charge in [-0.1, -0.05) is 0 Å². The van der Waals surface area contributed by atoms with Crippen LogP contribution in [-0.2, 0) is 16.1 Å². The third-order valence-corrected chi connectivity index (χ3v) is 3.51. The third kappa shape index (κ3) is 4.30. The van der Waals surface area contributed by atoms with Gasteiger partial charge in [-0.3, -0.25) is 9.59 Å². The van der Waals surface area contributed by atoms with E-state index in [-0.39, 0.29) is 12.3 Å². The maximum Gasteiger partial charge on any atom is 0.237 e. The van der Waals surface area contributed by atoms with Crippen LogP contribution in [0.4, 0.5) is 0 Å². The lowest BCUT2D eigenvalue weighted by Crippen LogP contribution is -2.42. The molecule has 7 heteroatoms. The molecule has 1 rings (SSSR count). The minimum Gasteiger partial charge on any atom is -0.370 e. The summed E-state index contributed by atoms with van der Waals surface area (Å²) in [5, 5.41) is 4.56. The second kappa shape index (κ2) is 5.97. The lowest BCUT2D eigenvalue weighted by molar-refractivity contribution is -0.126. The van der Waals surface area contributed by atoms with Crippen molar-refractivity contribution in [3.05, 3.63) is 20.8 Å². The van der Waals surface area contributed by atoms with E-state index in [9.17, 15) is 9.59 Å². The van der Waals surface area contributed by atoms with Gasteiger partial charge in [0.15, 0.2) is 0 Å². The highest BCUT2D eigenvalue weighted by atomic mass is 79.9. The van der Waals surface area contributed by atoms with Gasteiger partial charge in [0, 0.05) is 14.7 Å². The summed E-state index contributed by atoms with van der Waals surface area (Å²) in [6.07, 6.45) is -0.139. The highest BCUT2D eigenvalue weighted by Gasteiger charge is 2.15. The minimum absolute atomic E-state index is 0.139. The van der Waals surface area contributed by atoms with E-state index in [2.05, 4.69) is 21.2 Å². The molecule has 5 N–H and O–H groups in total. The van der Waals surface area contributed by atoms with E-state index in [1.807, 2.05) is 11.4 Å². The van der Waals surface area contributed by atoms with Crippen molar-refractivity contribution in [1.82, 2.24) is 5.32 Å². The molecule has 0 radical (unpaired) electrons. The molecule has 1 unspecified atom stereocenters. The summed E-state index contributed by atoms with van der Waals surface area (Å²) in [4.78, 5) is 23.0. The molecule has 16 heavy (non-hydrogen) atoms. The van der Waals surface area contributed by atoms with Crippen molar-refractivity contribution in [2.75, 3.05) is 0 Å². The van der Waals surface area contributed by atoms with Gasteiger partial charge in [0.2, 0.25) is 11.8 Å². The number of thiophene rings is 1. The van der Waals surface area contributed by atoms with Crippen molar-refractivity contribution in [2.24, 2.45) is 11.5 Å². The summed E-state index contributed by atoms with van der Waals surface area (Å²) in [6, 6.07) is 1.03. The number of hydrogen-bond acceptors (Lipinski definition) is 4. The molecule has 0 saturated carbocycles. The van der Waals surface area contributed by atoms with E-state index in [1.54, 1.807) is 0 Å². The molecule has 0 spiro atoms. The fourth-order valence-electron chi connectivity index (χ4n) is 1.06. The van der Waals surface area contributed by atoms with Gasteiger partial charge in [0.25, 0.3) is 0 Å². The zero-order valence-corrected chi connectivity index (χ0v) is 10.8. The molecule has 1 atom stereocenters. The quantitative estimate of drug-likeness (QED) is 0.731. The van der Waals surface area contributed by atoms with E-state index in [1.165, 1.54) is 11.3 Å². The zero-order valence-electron chi connectivity index (χ0n) is 8.40. The normalized spacial score (nSPS) is 12.1. The molecular weight excluding hydrogens is 294 g/mol. The van der Waals surface area contributed by atoms with Crippen molar-refractivity contribution >= 4 is 39.1 Å². The summed E-state index contributed by atoms with van der Waals surface area (Å²) in [5.74, 6) is -0.954. The van der Waals surface area contributed by atoms with Gasteiger partial charge in [-0.2, -0.15) is 0 Å². The summed E-state index contributed by atoms with van der Waals surface area (Å²) in [7, 11) is 0. The van der Waals surface area contributed by atoms with Crippen molar-refractivity contribution in [3.8, 4) is 0 Å². The van der Waals surface area contributed by atoms with Gasteiger partial charge in [-0.25, -0.2) is 0 Å². The summed E-state index contributed by atoms with van der Waals surface area (Å²) in [5.41, 5.74) is 10.4. The summed E-state index contributed by atoms with van der Waals surface area (Å²) < 4.78 is 0.975. The smallest absolute Gasteiger partial charge is 0.237 e. The number of carbonyl (C=O) groups is 2. The Hall–Kier alpha value is -0.920. The van der Waals surface area contributed by atoms with Gasteiger partial charge < -0.3 is 16.8 Å². The maximum absolute atomic E-state index is 11.4. The Labute approximate surface area is 105 Å². The molecule has 1 aromatic heterocycles. The van der Waals surface area contributed by atoms with Crippen LogP contribution < -0.4 is 16.8 Å². The van der Waals surface area contributed by atoms with E-state index >= 15 is 0 Å². The molecule has 2 amide bonds. The fraction of sp³-hybridized carbons (Fsp3) is 0.333. The molecular formula is C9H12BrN3O2S. The number of rotatable bonds is 5. The van der Waals surface area contributed by atoms with Crippen LogP contribution in [0.2, 0.25) is 0 Å². The number of amides is 2. The van der Waals surface area contributed by atoms with Gasteiger partial charge in [-0.15, -0.1) is 11.3 Å². The highest BCUT2D eigenvalue weighted by Crippen LogP contribution is 2.19. The third-order valence-electron chi connectivity index (χ3n) is 1.82. The van der Waals surface area contributed by atoms with Crippen LogP contribution in [0.15, 0.2) is 15.9 Å². The van der Waals surface area contributed by atoms with E-state index in [0.29, 0.717) is 6.54 Å². The molecule has 0 aliphatic carbocycles. The lowest BCUT2D eigenvalue weighted by atomic mass is 10.2. The van der Waals surface area contributed by atoms with Gasteiger partial charge in [0.1, 0.15) is 0 Å². The van der Waals surface area contributed by atoms with Crippen LogP contribution in [0.25, 0.3) is 0 Å². The zero-order chi connectivity index (χ0) is 12.1. The van der Waals surface area contributed by atoms with Crippen LogP contribution in [0, 0.1) is 0 Å². The second-order valence-corrected chi connectivity index (χ2v) is 5.14. The van der Waals surface area contributed by atoms with E-state index < -0.39 is 11.9 Å². The topological polar surface area (TPSA) is 98.2 Å². The van der Waals surface area contributed by atoms with Crippen LogP contribution in [-0.4, -0.2) is 17.9 Å². The molecule has 0 aliphatic rings. The first kappa shape index (κ1) is 13.1. The number of primary amides is 1. The van der Waals surface area contributed by atoms with Crippen molar-refractivity contribution in [1.29, 1.82) is 0 Å². The number of hydrogen-bond donors (Lipinski definition) is 3. The van der Waals surface area contributed by atoms with Crippen molar-refractivity contribution < 1.29 is 9.59 Å². The first-order chi connectivity index (χ1) is 7.49. The Morgan fingerprint density at radius 3 is 2.75 bits per heavy atom. The number of carbonyl (C=O) groups excluding carboxylic acids is 2. The van der Waals surface area contributed by atoms with Gasteiger partial charge >= 0.3 is 0 Å². The van der Waals surface area contributed by atoms with E-state index in [0.717, 1.165) is 9.35 Å². The average molecular weight is 306 g/mol. The average Bonchev–Trinajstić information content (AvgIpc) is 2.59. The Kier molecular flexibility index (Phi) is 4.91. The van der Waals surface area contributed by atoms with Gasteiger partial charge in [-0.05, 0) is 22.0 Å². The Morgan fingerprint density at radius 2 is 2.25 bits per heavy atom. The number of nitrogens with one attached hydrogen (secondary N) is 1. The lowest BCUT2D eigenvalue weighted by Gasteiger charge is -2.09. The van der Waals surface area contributed by atoms with Gasteiger partial charge in [0.05, 0.1) is 19.0 Å². The Balaban J connectivity index is 2.37. The van der Waals surface area contributed by atoms with Crippen molar-refractivity contribution in [2.45, 2.75) is 19.0 Å². The fourth-order valence-corrected chi connectivity index (χ4v) is 2.45. The van der Waals surface area contributed by atoms with Crippen molar-refractivity contribution in [3.63, 3.8) is 0 Å². The van der Waals surface area contributed by atoms with Crippen LogP contribution in [0.5, 0.6) is 0 Å². The van der Waals surface area contributed by atoms with E-state index in [4.69, 9.17) is 11.5 Å². The SMILES string of the molecule is NC(=O)CC(N)C(=O)NCc1cc(Br)cs1. The molecule has 0 aliphatic heterocycles. The molecule has 0 bridgehead atoms. The standard InChI is InChI=1S/C9H12BrN3O2S/c10-5-1-6(16-4-5)3-13-9(15)7(11)2-8(12)14/h1,4,7H,2-3,11H2,(H2,12,14)(H,13,15). The largest absolute Gasteiger partial charge is 0.370 e.